The minimum absolute atomic E-state index is 0.00781. The van der Waals surface area contributed by atoms with Crippen LogP contribution in [0, 0.1) is 18.3 Å². The Hall–Kier alpha value is -4.52. The molecule has 0 saturated carbocycles. The van der Waals surface area contributed by atoms with Gasteiger partial charge in [0, 0.05) is 36.4 Å². The summed E-state index contributed by atoms with van der Waals surface area (Å²) in [7, 11) is 0. The van der Waals surface area contributed by atoms with E-state index in [4.69, 9.17) is 17.3 Å². The number of hydrogen-bond donors (Lipinski definition) is 3. The number of ketones is 1. The molecule has 9 nitrogen and oxygen atoms in total. The van der Waals surface area contributed by atoms with Gasteiger partial charge in [0.2, 0.25) is 17.7 Å². The third-order valence-corrected chi connectivity index (χ3v) is 7.71. The molecule has 0 fully saturated rings. The summed E-state index contributed by atoms with van der Waals surface area (Å²) in [5.74, 6) is -1.56. The minimum atomic E-state index is -1.03. The van der Waals surface area contributed by atoms with Gasteiger partial charge >= 0.3 is 0 Å². The van der Waals surface area contributed by atoms with Crippen LogP contribution in [0.1, 0.15) is 51.9 Å². The van der Waals surface area contributed by atoms with Gasteiger partial charge in [0.25, 0.3) is 0 Å². The Balaban J connectivity index is 1.51. The number of anilines is 1. The monoisotopic (exact) mass is 585 g/mol. The first kappa shape index (κ1) is 30.4. The molecule has 4 N–H and O–H groups in total. The SMILES string of the molecule is Cc1cc(C#N)c(NC(=O)[C@H](CCN)NC(=O)[C@@H]2Cc3ccccc3CN2C(=O)CCC(=O)c2ccccc2)cc1Cl. The standard InChI is InChI=1S/C32H32ClN5O4/c1-20-15-24(18-35)27(17-25(20)33)37-31(41)26(13-14-34)36-32(42)28-16-22-9-5-6-10-23(22)19-38(28)30(40)12-11-29(39)21-7-3-2-4-8-21/h2-10,15,17,26,28H,11-14,16,19,34H2,1H3,(H,36,42)(H,37,41)/t26-,28-/m0/s1. The van der Waals surface area contributed by atoms with Crippen molar-refractivity contribution >= 4 is 40.8 Å². The fraction of sp³-hybridized carbons (Fsp3) is 0.281. The summed E-state index contributed by atoms with van der Waals surface area (Å²) in [5, 5.41) is 15.4. The highest BCUT2D eigenvalue weighted by atomic mass is 35.5. The van der Waals surface area contributed by atoms with E-state index in [0.717, 1.165) is 11.1 Å². The van der Waals surface area contributed by atoms with Crippen molar-refractivity contribution in [2.45, 2.75) is 51.2 Å². The number of nitrogens with two attached hydrogens (primary N) is 1. The van der Waals surface area contributed by atoms with Crippen molar-refractivity contribution in [3.63, 3.8) is 0 Å². The maximum Gasteiger partial charge on any atom is 0.247 e. The van der Waals surface area contributed by atoms with Crippen LogP contribution < -0.4 is 16.4 Å². The molecule has 1 heterocycles. The van der Waals surface area contributed by atoms with Gasteiger partial charge in [0.05, 0.1) is 11.3 Å². The number of carbonyl (C=O) groups excluding carboxylic acids is 4. The molecule has 3 aromatic rings. The van der Waals surface area contributed by atoms with E-state index in [0.29, 0.717) is 16.1 Å². The van der Waals surface area contributed by atoms with Gasteiger partial charge in [-0.1, -0.05) is 66.2 Å². The van der Waals surface area contributed by atoms with Crippen molar-refractivity contribution in [3.05, 3.63) is 99.6 Å². The average Bonchev–Trinajstić information content (AvgIpc) is 3.00. The van der Waals surface area contributed by atoms with Crippen LogP contribution in [-0.2, 0) is 27.3 Å². The van der Waals surface area contributed by atoms with Crippen LogP contribution >= 0.6 is 11.6 Å². The molecule has 1 aliphatic heterocycles. The van der Waals surface area contributed by atoms with Crippen molar-refractivity contribution in [2.24, 2.45) is 5.73 Å². The Morgan fingerprint density at radius 3 is 2.43 bits per heavy atom. The van der Waals surface area contributed by atoms with Crippen molar-refractivity contribution in [3.8, 4) is 6.07 Å². The van der Waals surface area contributed by atoms with E-state index in [1.165, 1.54) is 11.0 Å². The van der Waals surface area contributed by atoms with Gasteiger partial charge in [0.1, 0.15) is 18.2 Å². The highest BCUT2D eigenvalue weighted by molar-refractivity contribution is 6.31. The van der Waals surface area contributed by atoms with E-state index in [9.17, 15) is 24.4 Å². The van der Waals surface area contributed by atoms with Gasteiger partial charge in [0.15, 0.2) is 5.78 Å². The Labute approximate surface area is 249 Å². The van der Waals surface area contributed by atoms with Crippen LogP contribution in [0.3, 0.4) is 0 Å². The molecule has 216 valence electrons. The highest BCUT2D eigenvalue weighted by Crippen LogP contribution is 2.26. The zero-order valence-electron chi connectivity index (χ0n) is 23.2. The van der Waals surface area contributed by atoms with Crippen LogP contribution in [0.5, 0.6) is 0 Å². The lowest BCUT2D eigenvalue weighted by molar-refractivity contribution is -0.142. The Kier molecular flexibility index (Phi) is 10.1. The van der Waals surface area contributed by atoms with Crippen LogP contribution in [-0.4, -0.2) is 47.0 Å². The summed E-state index contributed by atoms with van der Waals surface area (Å²) >= 11 is 6.21. The smallest absolute Gasteiger partial charge is 0.247 e. The number of aryl methyl sites for hydroxylation is 1. The van der Waals surface area contributed by atoms with E-state index in [-0.39, 0.29) is 61.7 Å². The number of amides is 3. The number of nitrogens with zero attached hydrogens (tertiary/aromatic N) is 2. The summed E-state index contributed by atoms with van der Waals surface area (Å²) in [4.78, 5) is 54.5. The number of carbonyl (C=O) groups is 4. The molecule has 4 rings (SSSR count). The molecule has 3 amide bonds. The highest BCUT2D eigenvalue weighted by Gasteiger charge is 2.36. The number of nitrogens with one attached hydrogen (secondary N) is 2. The number of Topliss-reactive ketones (excluding diaryl/α,β-unsaturated/α-hetero) is 1. The summed E-state index contributed by atoms with van der Waals surface area (Å²) in [6, 6.07) is 19.5. The van der Waals surface area contributed by atoms with E-state index in [1.54, 1.807) is 37.3 Å². The van der Waals surface area contributed by atoms with Crippen LogP contribution in [0.2, 0.25) is 5.02 Å². The van der Waals surface area contributed by atoms with Gasteiger partial charge < -0.3 is 21.3 Å². The number of hydrogen-bond acceptors (Lipinski definition) is 6. The summed E-state index contributed by atoms with van der Waals surface area (Å²) in [6.07, 6.45) is 0.330. The molecule has 0 unspecified atom stereocenters. The topological polar surface area (TPSA) is 145 Å². The molecule has 1 aliphatic rings. The number of benzene rings is 3. The van der Waals surface area contributed by atoms with Crippen molar-refractivity contribution in [2.75, 3.05) is 11.9 Å². The predicted octanol–water partition coefficient (Wildman–Crippen LogP) is 3.91. The second-order valence-corrected chi connectivity index (χ2v) is 10.6. The number of rotatable bonds is 10. The van der Waals surface area contributed by atoms with Crippen molar-refractivity contribution in [1.82, 2.24) is 10.2 Å². The number of nitriles is 1. The largest absolute Gasteiger partial charge is 0.342 e. The summed E-state index contributed by atoms with van der Waals surface area (Å²) in [6.45, 7) is 2.06. The number of fused-ring (bicyclic) bond motifs is 1. The number of halogens is 1. The molecule has 3 aromatic carbocycles. The molecule has 0 radical (unpaired) electrons. The molecule has 2 atom stereocenters. The molecule has 10 heteroatoms. The zero-order valence-corrected chi connectivity index (χ0v) is 24.0. The predicted molar refractivity (Wildman–Crippen MR) is 160 cm³/mol. The van der Waals surface area contributed by atoms with Gasteiger partial charge in [-0.05, 0) is 48.7 Å². The van der Waals surface area contributed by atoms with E-state index >= 15 is 0 Å². The van der Waals surface area contributed by atoms with E-state index in [1.807, 2.05) is 36.4 Å². The molecule has 0 spiro atoms. The van der Waals surface area contributed by atoms with Gasteiger partial charge in [-0.2, -0.15) is 5.26 Å². The Bertz CT molecular complexity index is 1540. The second-order valence-electron chi connectivity index (χ2n) is 10.2. The normalized spacial score (nSPS) is 14.7. The Morgan fingerprint density at radius 1 is 1.05 bits per heavy atom. The van der Waals surface area contributed by atoms with Crippen molar-refractivity contribution < 1.29 is 19.2 Å². The average molecular weight is 586 g/mol. The van der Waals surface area contributed by atoms with Gasteiger partial charge in [-0.25, -0.2) is 0 Å². The first-order chi connectivity index (χ1) is 20.2. The lowest BCUT2D eigenvalue weighted by atomic mass is 9.92. The minimum Gasteiger partial charge on any atom is -0.342 e. The fourth-order valence-corrected chi connectivity index (χ4v) is 5.12. The van der Waals surface area contributed by atoms with E-state index < -0.39 is 23.9 Å². The Morgan fingerprint density at radius 2 is 1.74 bits per heavy atom. The lowest BCUT2D eigenvalue weighted by Gasteiger charge is -2.36. The fourth-order valence-electron chi connectivity index (χ4n) is 4.95. The van der Waals surface area contributed by atoms with Crippen molar-refractivity contribution in [1.29, 1.82) is 5.26 Å². The van der Waals surface area contributed by atoms with Crippen LogP contribution in [0.25, 0.3) is 0 Å². The van der Waals surface area contributed by atoms with E-state index in [2.05, 4.69) is 10.6 Å². The maximum absolute atomic E-state index is 13.7. The lowest BCUT2D eigenvalue weighted by Crippen LogP contribution is -2.56. The third kappa shape index (κ3) is 7.21. The summed E-state index contributed by atoms with van der Waals surface area (Å²) < 4.78 is 0. The second kappa shape index (κ2) is 13.9. The molecule has 0 aliphatic carbocycles. The molecular formula is C32H32ClN5O4. The first-order valence-electron chi connectivity index (χ1n) is 13.7. The molecule has 42 heavy (non-hydrogen) atoms. The quantitative estimate of drug-likeness (QED) is 0.308. The molecule has 0 bridgehead atoms. The van der Waals surface area contributed by atoms with Gasteiger partial charge in [-0.3, -0.25) is 19.2 Å². The summed E-state index contributed by atoms with van der Waals surface area (Å²) in [5.41, 5.74) is 9.27. The molecule has 0 saturated heterocycles. The van der Waals surface area contributed by atoms with Crippen LogP contribution in [0.4, 0.5) is 5.69 Å². The third-order valence-electron chi connectivity index (χ3n) is 7.30. The molecule has 0 aromatic heterocycles. The van der Waals surface area contributed by atoms with Gasteiger partial charge in [-0.15, -0.1) is 0 Å². The zero-order chi connectivity index (χ0) is 30.2. The first-order valence-corrected chi connectivity index (χ1v) is 14.1. The molecular weight excluding hydrogens is 554 g/mol. The maximum atomic E-state index is 13.7. The van der Waals surface area contributed by atoms with Crippen LogP contribution in [0.15, 0.2) is 66.7 Å².